The molecule has 0 atom stereocenters. The van der Waals surface area contributed by atoms with Gasteiger partial charge in [-0.05, 0) is 49.2 Å². The number of hydrogen-bond acceptors (Lipinski definition) is 6. The third-order valence-electron chi connectivity index (χ3n) is 6.12. The SMILES string of the molecule is Cc1ccc(C)c(N2CCN(S(=O)(=O)c3ccc4oc(=O)c5ncn(C)c5c4c3)CC2)c1. The average Bonchev–Trinajstić information content (AvgIpc) is 3.18. The lowest BCUT2D eigenvalue weighted by molar-refractivity contribution is 0.385. The van der Waals surface area contributed by atoms with E-state index >= 15 is 0 Å². The van der Waals surface area contributed by atoms with Crippen molar-refractivity contribution in [2.24, 2.45) is 7.05 Å². The largest absolute Gasteiger partial charge is 0.421 e. The summed E-state index contributed by atoms with van der Waals surface area (Å²) in [7, 11) is -1.93. The van der Waals surface area contributed by atoms with Gasteiger partial charge in [-0.15, -0.1) is 0 Å². The molecule has 4 aromatic rings. The van der Waals surface area contributed by atoms with Crippen molar-refractivity contribution in [2.75, 3.05) is 31.1 Å². The topological polar surface area (TPSA) is 88.7 Å². The van der Waals surface area contributed by atoms with Gasteiger partial charge in [-0.2, -0.15) is 4.31 Å². The minimum atomic E-state index is -3.69. The predicted molar refractivity (Wildman–Crippen MR) is 124 cm³/mol. The molecule has 2 aromatic carbocycles. The summed E-state index contributed by atoms with van der Waals surface area (Å²) in [5.74, 6) is 0. The number of piperazine rings is 1. The van der Waals surface area contributed by atoms with Crippen LogP contribution in [0.2, 0.25) is 0 Å². The van der Waals surface area contributed by atoms with E-state index in [9.17, 15) is 13.2 Å². The molecule has 9 heteroatoms. The Bertz CT molecular complexity index is 1510. The second kappa shape index (κ2) is 7.46. The Morgan fingerprint density at radius 1 is 1.00 bits per heavy atom. The summed E-state index contributed by atoms with van der Waals surface area (Å²) in [6.07, 6.45) is 1.52. The number of aromatic nitrogens is 2. The van der Waals surface area contributed by atoms with E-state index in [1.54, 1.807) is 23.7 Å². The van der Waals surface area contributed by atoms with E-state index in [2.05, 4.69) is 41.9 Å². The summed E-state index contributed by atoms with van der Waals surface area (Å²) in [5, 5.41) is 0.551. The van der Waals surface area contributed by atoms with Crippen LogP contribution in [0.15, 0.2) is 56.8 Å². The van der Waals surface area contributed by atoms with Crippen molar-refractivity contribution >= 4 is 37.7 Å². The van der Waals surface area contributed by atoms with Gasteiger partial charge in [0.15, 0.2) is 5.52 Å². The molecule has 0 bridgehead atoms. The van der Waals surface area contributed by atoms with Gasteiger partial charge >= 0.3 is 5.63 Å². The first kappa shape index (κ1) is 20.7. The number of imidazole rings is 1. The number of nitrogens with zero attached hydrogens (tertiary/aromatic N) is 4. The van der Waals surface area contributed by atoms with Crippen molar-refractivity contribution in [3.63, 3.8) is 0 Å². The molecule has 3 heterocycles. The maximum atomic E-state index is 13.4. The van der Waals surface area contributed by atoms with Crippen molar-refractivity contribution in [1.29, 1.82) is 0 Å². The lowest BCUT2D eigenvalue weighted by Crippen LogP contribution is -2.48. The lowest BCUT2D eigenvalue weighted by Gasteiger charge is -2.36. The molecule has 5 rings (SSSR count). The molecular formula is C23H24N4O4S. The predicted octanol–water partition coefficient (Wildman–Crippen LogP) is 2.81. The quantitative estimate of drug-likeness (QED) is 0.444. The van der Waals surface area contributed by atoms with E-state index in [4.69, 9.17) is 4.42 Å². The van der Waals surface area contributed by atoms with Crippen LogP contribution < -0.4 is 10.5 Å². The number of anilines is 1. The van der Waals surface area contributed by atoms with E-state index in [1.165, 1.54) is 27.8 Å². The molecule has 0 aliphatic carbocycles. The summed E-state index contributed by atoms with van der Waals surface area (Å²) >= 11 is 0. The second-order valence-corrected chi connectivity index (χ2v) is 10.2. The Morgan fingerprint density at radius 3 is 2.50 bits per heavy atom. The Kier molecular flexibility index (Phi) is 4.83. The molecule has 166 valence electrons. The van der Waals surface area contributed by atoms with E-state index in [-0.39, 0.29) is 10.4 Å². The molecule has 32 heavy (non-hydrogen) atoms. The molecule has 0 amide bonds. The summed E-state index contributed by atoms with van der Waals surface area (Å²) in [4.78, 5) is 18.7. The normalized spacial score (nSPS) is 15.7. The van der Waals surface area contributed by atoms with Crippen molar-refractivity contribution in [3.8, 4) is 0 Å². The van der Waals surface area contributed by atoms with Gasteiger partial charge in [0.1, 0.15) is 5.58 Å². The number of sulfonamides is 1. The van der Waals surface area contributed by atoms with Gasteiger partial charge in [0.05, 0.1) is 16.7 Å². The average molecular weight is 453 g/mol. The van der Waals surface area contributed by atoms with Crippen LogP contribution in [-0.2, 0) is 17.1 Å². The van der Waals surface area contributed by atoms with Gasteiger partial charge in [-0.1, -0.05) is 12.1 Å². The zero-order chi connectivity index (χ0) is 22.6. The summed E-state index contributed by atoms with van der Waals surface area (Å²) < 4.78 is 35.4. The van der Waals surface area contributed by atoms with Crippen LogP contribution in [0.4, 0.5) is 5.69 Å². The van der Waals surface area contributed by atoms with E-state index in [0.29, 0.717) is 42.7 Å². The standard InChI is InChI=1S/C23H24N4O4S/c1-15-4-5-16(2)19(12-15)26-8-10-27(11-9-26)32(29,30)17-6-7-20-18(13-17)22-21(23(28)31-20)24-14-25(22)3/h4-7,12-14H,8-11H2,1-3H3. The summed E-state index contributed by atoms with van der Waals surface area (Å²) in [5.41, 5.74) is 4.08. The minimum absolute atomic E-state index is 0.182. The highest BCUT2D eigenvalue weighted by Gasteiger charge is 2.29. The minimum Gasteiger partial charge on any atom is -0.421 e. The maximum Gasteiger partial charge on any atom is 0.364 e. The Morgan fingerprint density at radius 2 is 1.75 bits per heavy atom. The van der Waals surface area contributed by atoms with Crippen LogP contribution in [-0.4, -0.2) is 48.5 Å². The molecule has 0 spiro atoms. The molecule has 1 saturated heterocycles. The third-order valence-corrected chi connectivity index (χ3v) is 8.02. The van der Waals surface area contributed by atoms with Crippen LogP contribution >= 0.6 is 0 Å². The van der Waals surface area contributed by atoms with Crippen LogP contribution in [0, 0.1) is 13.8 Å². The van der Waals surface area contributed by atoms with Crippen LogP contribution in [0.5, 0.6) is 0 Å². The number of rotatable bonds is 3. The van der Waals surface area contributed by atoms with Gasteiger partial charge in [0.2, 0.25) is 10.0 Å². The Balaban J connectivity index is 1.47. The highest BCUT2D eigenvalue weighted by atomic mass is 32.2. The second-order valence-electron chi connectivity index (χ2n) is 8.28. The van der Waals surface area contributed by atoms with E-state index < -0.39 is 15.6 Å². The molecule has 8 nitrogen and oxygen atoms in total. The first-order valence-corrected chi connectivity index (χ1v) is 11.9. The lowest BCUT2D eigenvalue weighted by atomic mass is 10.1. The first-order chi connectivity index (χ1) is 15.3. The molecule has 0 saturated carbocycles. The van der Waals surface area contributed by atoms with Gasteiger partial charge in [-0.25, -0.2) is 18.2 Å². The molecule has 0 unspecified atom stereocenters. The van der Waals surface area contributed by atoms with Gasteiger partial charge < -0.3 is 13.9 Å². The monoisotopic (exact) mass is 452 g/mol. The smallest absolute Gasteiger partial charge is 0.364 e. The molecule has 0 N–H and O–H groups in total. The fourth-order valence-electron chi connectivity index (χ4n) is 4.37. The number of benzene rings is 2. The van der Waals surface area contributed by atoms with Gasteiger partial charge in [-0.3, -0.25) is 0 Å². The zero-order valence-corrected chi connectivity index (χ0v) is 19.0. The van der Waals surface area contributed by atoms with Crippen molar-refractivity contribution in [1.82, 2.24) is 13.9 Å². The van der Waals surface area contributed by atoms with Gasteiger partial charge in [0.25, 0.3) is 0 Å². The molecular weight excluding hydrogens is 428 g/mol. The fraction of sp³-hybridized carbons (Fsp3) is 0.304. The molecule has 2 aromatic heterocycles. The van der Waals surface area contributed by atoms with E-state index in [1.807, 2.05) is 0 Å². The highest BCUT2D eigenvalue weighted by molar-refractivity contribution is 7.89. The van der Waals surface area contributed by atoms with E-state index in [0.717, 1.165) is 5.69 Å². The number of fused-ring (bicyclic) bond motifs is 3. The third kappa shape index (κ3) is 3.28. The van der Waals surface area contributed by atoms with Crippen LogP contribution in [0.25, 0.3) is 22.0 Å². The van der Waals surface area contributed by atoms with Crippen molar-refractivity contribution in [3.05, 3.63) is 64.3 Å². The zero-order valence-electron chi connectivity index (χ0n) is 18.2. The molecule has 1 fully saturated rings. The fourth-order valence-corrected chi connectivity index (χ4v) is 5.82. The van der Waals surface area contributed by atoms with Crippen LogP contribution in [0.1, 0.15) is 11.1 Å². The van der Waals surface area contributed by atoms with Crippen molar-refractivity contribution < 1.29 is 12.8 Å². The molecule has 0 radical (unpaired) electrons. The maximum absolute atomic E-state index is 13.4. The molecule has 1 aliphatic heterocycles. The summed E-state index contributed by atoms with van der Waals surface area (Å²) in [6, 6.07) is 11.0. The number of aryl methyl sites for hydroxylation is 3. The van der Waals surface area contributed by atoms with Gasteiger partial charge in [0, 0.05) is 44.3 Å². The van der Waals surface area contributed by atoms with Crippen molar-refractivity contribution in [2.45, 2.75) is 18.7 Å². The Hall–Kier alpha value is -3.17. The van der Waals surface area contributed by atoms with Crippen LogP contribution in [0.3, 0.4) is 0 Å². The highest BCUT2D eigenvalue weighted by Crippen LogP contribution is 2.28. The Labute approximate surface area is 185 Å². The summed E-state index contributed by atoms with van der Waals surface area (Å²) in [6.45, 7) is 6.18. The molecule has 1 aliphatic rings. The first-order valence-electron chi connectivity index (χ1n) is 10.5. The number of hydrogen-bond donors (Lipinski definition) is 0.